The van der Waals surface area contributed by atoms with E-state index in [-0.39, 0.29) is 5.91 Å². The molecule has 2 aliphatic heterocycles. The first kappa shape index (κ1) is 19.4. The maximum atomic E-state index is 12.4. The average Bonchev–Trinajstić information content (AvgIpc) is 3.39. The van der Waals surface area contributed by atoms with E-state index >= 15 is 0 Å². The number of nitrogens with zero attached hydrogens (tertiary/aromatic N) is 4. The highest BCUT2D eigenvalue weighted by atomic mass is 16.3. The number of amides is 1. The number of fused-ring (bicyclic) bond motifs is 1. The molecule has 1 aromatic heterocycles. The van der Waals surface area contributed by atoms with E-state index in [0.29, 0.717) is 24.9 Å². The van der Waals surface area contributed by atoms with Gasteiger partial charge in [0.15, 0.2) is 11.7 Å². The first-order chi connectivity index (χ1) is 14.2. The van der Waals surface area contributed by atoms with Crippen LogP contribution in [0.25, 0.3) is 0 Å². The first-order valence-corrected chi connectivity index (χ1v) is 10.3. The van der Waals surface area contributed by atoms with Gasteiger partial charge in [0.2, 0.25) is 0 Å². The minimum absolute atomic E-state index is 0.0423. The standard InChI is InChI=1S/C22H29N5O2/c1-17-16-18-6-3-4-7-19(18)27(17)10-9-24-22(23-2)26-13-11-25(12-14-26)21(28)20-8-5-15-29-20/h3-8,15,17H,9-14,16H2,1-2H3,(H,23,24). The second-order valence-electron chi connectivity index (χ2n) is 7.61. The van der Waals surface area contributed by atoms with Gasteiger partial charge in [-0.3, -0.25) is 9.79 Å². The number of guanidine groups is 1. The summed E-state index contributed by atoms with van der Waals surface area (Å²) in [5.41, 5.74) is 2.78. The van der Waals surface area contributed by atoms with Gasteiger partial charge in [0.25, 0.3) is 5.91 Å². The maximum absolute atomic E-state index is 12.4. The van der Waals surface area contributed by atoms with Gasteiger partial charge in [0.05, 0.1) is 6.26 Å². The molecule has 1 N–H and O–H groups in total. The summed E-state index contributed by atoms with van der Waals surface area (Å²) < 4.78 is 5.23. The van der Waals surface area contributed by atoms with Gasteiger partial charge in [-0.15, -0.1) is 0 Å². The van der Waals surface area contributed by atoms with E-state index in [2.05, 4.69) is 51.3 Å². The van der Waals surface area contributed by atoms with Crippen LogP contribution in [0, 0.1) is 0 Å². The van der Waals surface area contributed by atoms with E-state index in [9.17, 15) is 4.79 Å². The van der Waals surface area contributed by atoms with E-state index in [4.69, 9.17) is 4.42 Å². The van der Waals surface area contributed by atoms with Crippen LogP contribution in [0.1, 0.15) is 23.0 Å². The van der Waals surface area contributed by atoms with Crippen molar-refractivity contribution in [1.82, 2.24) is 15.1 Å². The summed E-state index contributed by atoms with van der Waals surface area (Å²) in [5, 5.41) is 3.50. The Balaban J connectivity index is 1.27. The second kappa shape index (κ2) is 8.59. The van der Waals surface area contributed by atoms with Crippen LogP contribution in [-0.4, -0.2) is 74.0 Å². The number of nitrogens with one attached hydrogen (secondary N) is 1. The highest BCUT2D eigenvalue weighted by Crippen LogP contribution is 2.31. The van der Waals surface area contributed by atoms with Crippen molar-refractivity contribution in [3.63, 3.8) is 0 Å². The van der Waals surface area contributed by atoms with Crippen molar-refractivity contribution in [3.05, 3.63) is 54.0 Å². The van der Waals surface area contributed by atoms with Crippen molar-refractivity contribution < 1.29 is 9.21 Å². The largest absolute Gasteiger partial charge is 0.459 e. The molecule has 29 heavy (non-hydrogen) atoms. The predicted octanol–water partition coefficient (Wildman–Crippen LogP) is 2.06. The molecule has 1 fully saturated rings. The Morgan fingerprint density at radius 1 is 1.14 bits per heavy atom. The third-order valence-electron chi connectivity index (χ3n) is 5.79. The summed E-state index contributed by atoms with van der Waals surface area (Å²) in [6.45, 7) is 6.90. The van der Waals surface area contributed by atoms with Gasteiger partial charge in [0, 0.05) is 58.0 Å². The van der Waals surface area contributed by atoms with Gasteiger partial charge in [-0.05, 0) is 37.1 Å². The van der Waals surface area contributed by atoms with Crippen molar-refractivity contribution in [2.24, 2.45) is 4.99 Å². The fourth-order valence-electron chi connectivity index (χ4n) is 4.27. The molecule has 0 bridgehead atoms. The van der Waals surface area contributed by atoms with Gasteiger partial charge in [-0.2, -0.15) is 0 Å². The van der Waals surface area contributed by atoms with E-state index in [1.807, 2.05) is 11.9 Å². The number of aliphatic imine (C=N–C) groups is 1. The van der Waals surface area contributed by atoms with Crippen LogP contribution in [0.3, 0.4) is 0 Å². The molecule has 2 aliphatic rings. The zero-order chi connectivity index (χ0) is 20.2. The lowest BCUT2D eigenvalue weighted by molar-refractivity contribution is 0.0658. The molecule has 0 saturated carbocycles. The predicted molar refractivity (Wildman–Crippen MR) is 115 cm³/mol. The summed E-state index contributed by atoms with van der Waals surface area (Å²) in [5.74, 6) is 1.26. The molecule has 7 nitrogen and oxygen atoms in total. The SMILES string of the molecule is CN=C(NCCN1c2ccccc2CC1C)N1CCN(C(=O)c2ccco2)CC1. The molecule has 4 rings (SSSR count). The van der Waals surface area contributed by atoms with Gasteiger partial charge >= 0.3 is 0 Å². The third-order valence-corrected chi connectivity index (χ3v) is 5.79. The van der Waals surface area contributed by atoms with E-state index in [0.717, 1.165) is 38.6 Å². The van der Waals surface area contributed by atoms with Crippen molar-refractivity contribution >= 4 is 17.6 Å². The highest BCUT2D eigenvalue weighted by Gasteiger charge is 2.27. The molecule has 7 heteroatoms. The number of hydrogen-bond donors (Lipinski definition) is 1. The Morgan fingerprint density at radius 2 is 1.90 bits per heavy atom. The molecule has 154 valence electrons. The fourth-order valence-corrected chi connectivity index (χ4v) is 4.27. The highest BCUT2D eigenvalue weighted by molar-refractivity contribution is 5.91. The zero-order valence-electron chi connectivity index (χ0n) is 17.2. The lowest BCUT2D eigenvalue weighted by atomic mass is 10.1. The van der Waals surface area contributed by atoms with Crippen molar-refractivity contribution in [2.75, 3.05) is 51.2 Å². The number of carbonyl (C=O) groups is 1. The van der Waals surface area contributed by atoms with Gasteiger partial charge in [0.1, 0.15) is 0 Å². The second-order valence-corrected chi connectivity index (χ2v) is 7.61. The fraction of sp³-hybridized carbons (Fsp3) is 0.455. The van der Waals surface area contributed by atoms with Crippen LogP contribution in [-0.2, 0) is 6.42 Å². The molecule has 0 radical (unpaired) electrons. The Labute approximate surface area is 172 Å². The monoisotopic (exact) mass is 395 g/mol. The summed E-state index contributed by atoms with van der Waals surface area (Å²) in [7, 11) is 1.82. The number of para-hydroxylation sites is 1. The minimum atomic E-state index is -0.0423. The number of benzene rings is 1. The molecule has 1 saturated heterocycles. The Kier molecular flexibility index (Phi) is 5.74. The van der Waals surface area contributed by atoms with E-state index < -0.39 is 0 Å². The smallest absolute Gasteiger partial charge is 0.289 e. The van der Waals surface area contributed by atoms with Crippen molar-refractivity contribution in [1.29, 1.82) is 0 Å². The number of carbonyl (C=O) groups excluding carboxylic acids is 1. The van der Waals surface area contributed by atoms with Crippen LogP contribution in [0.5, 0.6) is 0 Å². The molecule has 2 aromatic rings. The topological polar surface area (TPSA) is 64.3 Å². The van der Waals surface area contributed by atoms with Crippen LogP contribution in [0.15, 0.2) is 52.1 Å². The number of piperazine rings is 1. The summed E-state index contributed by atoms with van der Waals surface area (Å²) in [6, 6.07) is 12.6. The number of hydrogen-bond acceptors (Lipinski definition) is 4. The van der Waals surface area contributed by atoms with E-state index in [1.165, 1.54) is 17.5 Å². The Morgan fingerprint density at radius 3 is 2.62 bits per heavy atom. The Bertz CT molecular complexity index is 856. The normalized spacial score (nSPS) is 19.4. The molecule has 1 unspecified atom stereocenters. The maximum Gasteiger partial charge on any atom is 0.289 e. The van der Waals surface area contributed by atoms with Gasteiger partial charge in [-0.25, -0.2) is 0 Å². The van der Waals surface area contributed by atoms with Gasteiger partial charge < -0.3 is 24.4 Å². The molecule has 0 spiro atoms. The van der Waals surface area contributed by atoms with Crippen molar-refractivity contribution in [2.45, 2.75) is 19.4 Å². The molecular formula is C22H29N5O2. The van der Waals surface area contributed by atoms with Crippen LogP contribution in [0.2, 0.25) is 0 Å². The molecule has 1 aromatic carbocycles. The molecule has 0 aliphatic carbocycles. The van der Waals surface area contributed by atoms with Crippen molar-refractivity contribution in [3.8, 4) is 0 Å². The van der Waals surface area contributed by atoms with E-state index in [1.54, 1.807) is 12.1 Å². The first-order valence-electron chi connectivity index (χ1n) is 10.3. The number of anilines is 1. The lowest BCUT2D eigenvalue weighted by Crippen LogP contribution is -2.54. The Hall–Kier alpha value is -2.96. The van der Waals surface area contributed by atoms with Crippen LogP contribution < -0.4 is 10.2 Å². The number of rotatable bonds is 4. The summed E-state index contributed by atoms with van der Waals surface area (Å²) in [4.78, 5) is 23.4. The third kappa shape index (κ3) is 4.09. The number of furan rings is 1. The summed E-state index contributed by atoms with van der Waals surface area (Å²) >= 11 is 0. The molecule has 3 heterocycles. The minimum Gasteiger partial charge on any atom is -0.459 e. The molecular weight excluding hydrogens is 366 g/mol. The molecule has 1 amide bonds. The average molecular weight is 396 g/mol. The summed E-state index contributed by atoms with van der Waals surface area (Å²) in [6.07, 6.45) is 2.64. The van der Waals surface area contributed by atoms with Crippen LogP contribution >= 0.6 is 0 Å². The quantitative estimate of drug-likeness (QED) is 0.634. The lowest BCUT2D eigenvalue weighted by Gasteiger charge is -2.36. The molecule has 1 atom stereocenters. The zero-order valence-corrected chi connectivity index (χ0v) is 17.2. The van der Waals surface area contributed by atoms with Crippen LogP contribution in [0.4, 0.5) is 5.69 Å². The van der Waals surface area contributed by atoms with Gasteiger partial charge in [-0.1, -0.05) is 18.2 Å².